The average Bonchev–Trinajstić information content (AvgIpc) is 3.28. The molecule has 0 unspecified atom stereocenters. The summed E-state index contributed by atoms with van der Waals surface area (Å²) in [5.74, 6) is -6.97. The Morgan fingerprint density at radius 1 is 0.612 bits per heavy atom. The van der Waals surface area contributed by atoms with Gasteiger partial charge in [0.15, 0.2) is 25.2 Å². The molecular formula is C37H62N2O28. The Morgan fingerprint density at radius 2 is 1.13 bits per heavy atom. The lowest BCUT2D eigenvalue weighted by Gasteiger charge is -2.52. The van der Waals surface area contributed by atoms with Crippen LogP contribution in [0.15, 0.2) is 0 Å². The summed E-state index contributed by atoms with van der Waals surface area (Å²) in [5.41, 5.74) is 0. The van der Waals surface area contributed by atoms with Crippen molar-refractivity contribution in [3.63, 3.8) is 0 Å². The van der Waals surface area contributed by atoms with E-state index in [4.69, 9.17) is 42.6 Å². The first kappa shape index (κ1) is 55.4. The maximum absolute atomic E-state index is 13.0. The molecule has 5 rings (SSSR count). The summed E-state index contributed by atoms with van der Waals surface area (Å²) in [6.45, 7) is -1.01. The highest BCUT2D eigenvalue weighted by molar-refractivity contribution is 5.76. The fourth-order valence-corrected chi connectivity index (χ4v) is 8.47. The SMILES string of the molecule is CC(=O)N[C@H]1[C@H](O[C@@H]2[C@@H](O)[C@H](O)O[C@H](CO)[C@@H]2O)O[C@H](CO)[C@@H](O[C@@H]2O[C@H](CO)[C@H](O)[C@H](O[C@@]3(C(=O)O)C[C@H](O)[C@@H](NC(C)=O)[C@H]([C@H](O)[C@@H](O)CO)O3)[C@H]2O)[C@@H]1O[C@@H]1O[C@@H](C)[C@@H](O)[C@@H](O)[C@@H]1O. The molecule has 0 saturated carbocycles. The van der Waals surface area contributed by atoms with Crippen molar-refractivity contribution in [2.45, 2.75) is 186 Å². The Kier molecular flexibility index (Phi) is 19.1. The highest BCUT2D eigenvalue weighted by atomic mass is 16.8. The van der Waals surface area contributed by atoms with Crippen molar-refractivity contribution >= 4 is 17.8 Å². The topological polar surface area (TPSA) is 482 Å². The van der Waals surface area contributed by atoms with Gasteiger partial charge >= 0.3 is 5.97 Å². The van der Waals surface area contributed by atoms with E-state index in [2.05, 4.69) is 10.6 Å². The van der Waals surface area contributed by atoms with Gasteiger partial charge in [-0.25, -0.2) is 4.79 Å². The third kappa shape index (κ3) is 11.8. The molecule has 0 aromatic carbocycles. The molecule has 0 aliphatic carbocycles. The van der Waals surface area contributed by atoms with Crippen molar-refractivity contribution in [2.24, 2.45) is 0 Å². The summed E-state index contributed by atoms with van der Waals surface area (Å²) in [6.07, 6.45) is -46.7. The Balaban J connectivity index is 1.55. The molecule has 30 nitrogen and oxygen atoms in total. The van der Waals surface area contributed by atoms with Gasteiger partial charge in [0.2, 0.25) is 11.8 Å². The molecule has 5 fully saturated rings. The molecule has 2 amide bonds. The first-order valence-corrected chi connectivity index (χ1v) is 21.1. The van der Waals surface area contributed by atoms with Crippen LogP contribution in [0.25, 0.3) is 0 Å². The molecule has 5 aliphatic heterocycles. The number of carbonyl (C=O) groups is 3. The van der Waals surface area contributed by atoms with Gasteiger partial charge in [-0.15, -0.1) is 0 Å². The van der Waals surface area contributed by atoms with Crippen LogP contribution in [0.1, 0.15) is 27.2 Å². The van der Waals surface area contributed by atoms with Crippen LogP contribution < -0.4 is 10.6 Å². The molecule has 0 aromatic heterocycles. The van der Waals surface area contributed by atoms with Crippen LogP contribution in [-0.4, -0.2) is 285 Å². The number of rotatable bonds is 17. The summed E-state index contributed by atoms with van der Waals surface area (Å²) in [7, 11) is 0. The number of hydrogen-bond donors (Lipinski definition) is 18. The van der Waals surface area contributed by atoms with Crippen molar-refractivity contribution in [2.75, 3.05) is 26.4 Å². The molecule has 5 saturated heterocycles. The van der Waals surface area contributed by atoms with Crippen molar-refractivity contribution in [3.05, 3.63) is 0 Å². The summed E-state index contributed by atoms with van der Waals surface area (Å²) in [6, 6.07) is -3.47. The molecule has 0 bridgehead atoms. The van der Waals surface area contributed by atoms with Crippen molar-refractivity contribution in [3.8, 4) is 0 Å². The normalized spacial score (nSPS) is 47.1. The Bertz CT molecular complexity index is 1640. The zero-order valence-electron chi connectivity index (χ0n) is 36.0. The van der Waals surface area contributed by atoms with Crippen molar-refractivity contribution < 1.29 is 139 Å². The minimum absolute atomic E-state index is 0.817. The number of aliphatic hydroxyl groups is 15. The molecule has 30 heteroatoms. The number of carbonyl (C=O) groups excluding carboxylic acids is 2. The lowest BCUT2D eigenvalue weighted by molar-refractivity contribution is -0.396. The highest BCUT2D eigenvalue weighted by Crippen LogP contribution is 2.40. The minimum Gasteiger partial charge on any atom is -0.477 e. The second-order valence-corrected chi connectivity index (χ2v) is 16.8. The third-order valence-electron chi connectivity index (χ3n) is 12.1. The molecule has 388 valence electrons. The zero-order valence-corrected chi connectivity index (χ0v) is 36.0. The van der Waals surface area contributed by atoms with Gasteiger partial charge < -0.3 is 135 Å². The number of aliphatic hydroxyl groups excluding tert-OH is 15. The van der Waals surface area contributed by atoms with E-state index in [9.17, 15) is 96.1 Å². The first-order chi connectivity index (χ1) is 31.4. The van der Waals surface area contributed by atoms with Gasteiger partial charge in [-0.1, -0.05) is 0 Å². The van der Waals surface area contributed by atoms with Gasteiger partial charge in [0.05, 0.1) is 44.7 Å². The first-order valence-electron chi connectivity index (χ1n) is 21.1. The summed E-state index contributed by atoms with van der Waals surface area (Å²) in [4.78, 5) is 37.9. The second-order valence-electron chi connectivity index (χ2n) is 16.8. The Morgan fingerprint density at radius 3 is 1.70 bits per heavy atom. The molecular weight excluding hydrogens is 920 g/mol. The van der Waals surface area contributed by atoms with E-state index < -0.39 is 210 Å². The standard InChI is InChI=1S/C37H62N2O28/c1-9-19(48)23(52)24(53)34(59-9)64-29-18(39-11(3)45)33(65-30-21(50)14(6-41)60-32(56)25(30)54)62-16(8-43)27(29)63-35-26(55)31(22(51)15(7-42)61-35)67-37(36(57)58)4-12(46)17(38-10(2)44)28(66-37)20(49)13(47)5-40/h9,12-35,40-43,46-56H,4-8H2,1-3H3,(H,38,44)(H,39,45)(H,57,58)/t9-,12-,13-,14+,15+,16+,17+,18+,19+,20+,21-,22-,23+,24-,25+,26+,27+,28+,29+,30-,31-,32+,33-,34-,35-,37+/m0/s1. The van der Waals surface area contributed by atoms with Crippen molar-refractivity contribution in [1.29, 1.82) is 0 Å². The predicted octanol–water partition coefficient (Wildman–Crippen LogP) is -11.4. The van der Waals surface area contributed by atoms with Gasteiger partial charge in [-0.05, 0) is 6.92 Å². The Hall–Kier alpha value is -2.55. The van der Waals surface area contributed by atoms with Crippen LogP contribution in [0, 0.1) is 0 Å². The molecule has 5 aliphatic rings. The highest BCUT2D eigenvalue weighted by Gasteiger charge is 2.61. The van der Waals surface area contributed by atoms with E-state index >= 15 is 0 Å². The van der Waals surface area contributed by atoms with E-state index in [1.807, 2.05) is 0 Å². The number of aliphatic carboxylic acids is 1. The van der Waals surface area contributed by atoms with E-state index in [0.29, 0.717) is 0 Å². The van der Waals surface area contributed by atoms with Crippen LogP contribution in [0.4, 0.5) is 0 Å². The lowest BCUT2D eigenvalue weighted by atomic mass is 9.88. The third-order valence-corrected chi connectivity index (χ3v) is 12.1. The van der Waals surface area contributed by atoms with Crippen LogP contribution >= 0.6 is 0 Å². The van der Waals surface area contributed by atoms with Crippen LogP contribution in [0.3, 0.4) is 0 Å². The van der Waals surface area contributed by atoms with E-state index in [1.54, 1.807) is 0 Å². The van der Waals surface area contributed by atoms with Crippen molar-refractivity contribution in [1.82, 2.24) is 10.6 Å². The fraction of sp³-hybridized carbons (Fsp3) is 0.919. The van der Waals surface area contributed by atoms with Crippen LogP contribution in [0.2, 0.25) is 0 Å². The van der Waals surface area contributed by atoms with Crippen LogP contribution in [-0.2, 0) is 57.0 Å². The van der Waals surface area contributed by atoms with Gasteiger partial charge in [0, 0.05) is 20.3 Å². The monoisotopic (exact) mass is 982 g/mol. The van der Waals surface area contributed by atoms with E-state index in [-0.39, 0.29) is 0 Å². The molecule has 0 aromatic rings. The molecule has 67 heavy (non-hydrogen) atoms. The Labute approximate surface area is 379 Å². The maximum Gasteiger partial charge on any atom is 0.364 e. The minimum atomic E-state index is -3.20. The smallest absolute Gasteiger partial charge is 0.364 e. The molecule has 5 heterocycles. The summed E-state index contributed by atoms with van der Waals surface area (Å²) >= 11 is 0. The molecule has 0 spiro atoms. The number of nitrogens with one attached hydrogen (secondary N) is 2. The lowest BCUT2D eigenvalue weighted by Crippen LogP contribution is -2.72. The molecule has 0 radical (unpaired) electrons. The number of amides is 2. The largest absolute Gasteiger partial charge is 0.477 e. The molecule has 26 atom stereocenters. The van der Waals surface area contributed by atoms with E-state index in [0.717, 1.165) is 13.8 Å². The average molecular weight is 983 g/mol. The van der Waals surface area contributed by atoms with Gasteiger partial charge in [0.25, 0.3) is 5.79 Å². The van der Waals surface area contributed by atoms with Gasteiger partial charge in [-0.2, -0.15) is 0 Å². The van der Waals surface area contributed by atoms with Crippen LogP contribution in [0.5, 0.6) is 0 Å². The number of carboxylic acids is 1. The van der Waals surface area contributed by atoms with Gasteiger partial charge in [-0.3, -0.25) is 9.59 Å². The summed E-state index contributed by atoms with van der Waals surface area (Å²) in [5, 5.41) is 175. The van der Waals surface area contributed by atoms with E-state index in [1.165, 1.54) is 6.92 Å². The zero-order chi connectivity index (χ0) is 50.0. The van der Waals surface area contributed by atoms with Gasteiger partial charge in [0.1, 0.15) is 110 Å². The maximum atomic E-state index is 13.0. The predicted molar refractivity (Wildman–Crippen MR) is 206 cm³/mol. The quantitative estimate of drug-likeness (QED) is 0.0643. The number of hydrogen-bond acceptors (Lipinski definition) is 27. The number of carboxylic acid groups (broad SMARTS) is 1. The number of ether oxygens (including phenoxy) is 9. The second kappa shape index (κ2) is 23.1. The molecule has 18 N–H and O–H groups in total. The fourth-order valence-electron chi connectivity index (χ4n) is 8.47. The summed E-state index contributed by atoms with van der Waals surface area (Å²) < 4.78 is 51.7.